The average molecular weight is 164 g/mol. The van der Waals surface area contributed by atoms with Gasteiger partial charge >= 0.3 is 0 Å². The van der Waals surface area contributed by atoms with Crippen molar-refractivity contribution in [2.75, 3.05) is 5.32 Å². The number of anilines is 1. The molecular weight excluding hydrogens is 152 g/mol. The molecule has 1 aromatic heterocycles. The highest BCUT2D eigenvalue weighted by molar-refractivity contribution is 5.43. The van der Waals surface area contributed by atoms with Crippen molar-refractivity contribution in [3.8, 4) is 0 Å². The molecule has 64 valence electrons. The Morgan fingerprint density at radius 2 is 2.33 bits per heavy atom. The molecule has 1 heterocycles. The minimum absolute atomic E-state index is 0.0423. The van der Waals surface area contributed by atoms with E-state index in [4.69, 9.17) is 0 Å². The van der Waals surface area contributed by atoms with Gasteiger partial charge in [0.05, 0.1) is 0 Å². The van der Waals surface area contributed by atoms with Crippen LogP contribution in [0.2, 0.25) is 0 Å². The molecule has 1 fully saturated rings. The molecule has 1 N–H and O–H groups in total. The monoisotopic (exact) mass is 164 g/mol. The predicted molar refractivity (Wildman–Crippen MR) is 48.3 cm³/mol. The normalized spacial score (nSPS) is 16.1. The molecule has 0 aromatic carbocycles. The number of rotatable bonds is 2. The summed E-state index contributed by atoms with van der Waals surface area (Å²) in [6.45, 7) is 0. The molecule has 12 heavy (non-hydrogen) atoms. The van der Waals surface area contributed by atoms with Crippen molar-refractivity contribution in [2.24, 2.45) is 7.05 Å². The van der Waals surface area contributed by atoms with Gasteiger partial charge in [-0.1, -0.05) is 0 Å². The lowest BCUT2D eigenvalue weighted by Gasteiger charge is -2.03. The van der Waals surface area contributed by atoms with Crippen molar-refractivity contribution in [3.63, 3.8) is 0 Å². The molecule has 3 nitrogen and oxygen atoms in total. The van der Waals surface area contributed by atoms with Gasteiger partial charge in [0, 0.05) is 31.0 Å². The fourth-order valence-corrected chi connectivity index (χ4v) is 1.10. The van der Waals surface area contributed by atoms with E-state index in [1.54, 1.807) is 23.9 Å². The third kappa shape index (κ3) is 1.49. The molecule has 0 radical (unpaired) electrons. The number of pyridine rings is 1. The number of aryl methyl sites for hydroxylation is 1. The molecule has 0 atom stereocenters. The van der Waals surface area contributed by atoms with Gasteiger partial charge in [-0.05, 0) is 18.9 Å². The first-order chi connectivity index (χ1) is 5.75. The summed E-state index contributed by atoms with van der Waals surface area (Å²) >= 11 is 0. The first-order valence-corrected chi connectivity index (χ1v) is 4.19. The van der Waals surface area contributed by atoms with Crippen LogP contribution in [-0.4, -0.2) is 10.6 Å². The number of aromatic nitrogens is 1. The van der Waals surface area contributed by atoms with E-state index in [1.807, 2.05) is 6.07 Å². The van der Waals surface area contributed by atoms with Gasteiger partial charge in [0.25, 0.3) is 5.56 Å². The highest BCUT2D eigenvalue weighted by Crippen LogP contribution is 2.23. The maximum absolute atomic E-state index is 11.2. The first-order valence-electron chi connectivity index (χ1n) is 4.19. The fourth-order valence-electron chi connectivity index (χ4n) is 1.10. The van der Waals surface area contributed by atoms with Crippen LogP contribution >= 0.6 is 0 Å². The van der Waals surface area contributed by atoms with E-state index in [0.29, 0.717) is 6.04 Å². The summed E-state index contributed by atoms with van der Waals surface area (Å²) in [5.74, 6) is 0. The molecule has 2 rings (SSSR count). The lowest BCUT2D eigenvalue weighted by molar-refractivity contribution is 0.860. The van der Waals surface area contributed by atoms with Crippen LogP contribution in [0.3, 0.4) is 0 Å². The van der Waals surface area contributed by atoms with Gasteiger partial charge in [0.1, 0.15) is 0 Å². The van der Waals surface area contributed by atoms with Gasteiger partial charge in [-0.3, -0.25) is 4.79 Å². The number of hydrogen-bond acceptors (Lipinski definition) is 2. The average Bonchev–Trinajstić information content (AvgIpc) is 2.81. The van der Waals surface area contributed by atoms with Crippen molar-refractivity contribution in [1.29, 1.82) is 0 Å². The Morgan fingerprint density at radius 1 is 1.58 bits per heavy atom. The second-order valence-corrected chi connectivity index (χ2v) is 3.28. The van der Waals surface area contributed by atoms with Gasteiger partial charge < -0.3 is 9.88 Å². The minimum Gasteiger partial charge on any atom is -0.382 e. The molecule has 0 bridgehead atoms. The molecule has 1 aliphatic carbocycles. The summed E-state index contributed by atoms with van der Waals surface area (Å²) in [6, 6.07) is 4.18. The zero-order valence-corrected chi connectivity index (χ0v) is 7.08. The van der Waals surface area contributed by atoms with Crippen LogP contribution in [0.5, 0.6) is 0 Å². The molecule has 0 amide bonds. The van der Waals surface area contributed by atoms with E-state index >= 15 is 0 Å². The highest BCUT2D eigenvalue weighted by Gasteiger charge is 2.20. The van der Waals surface area contributed by atoms with Crippen molar-refractivity contribution >= 4 is 5.69 Å². The summed E-state index contributed by atoms with van der Waals surface area (Å²) in [4.78, 5) is 11.2. The quantitative estimate of drug-likeness (QED) is 0.706. The maximum Gasteiger partial charge on any atom is 0.252 e. The lowest BCUT2D eigenvalue weighted by atomic mass is 10.4. The van der Waals surface area contributed by atoms with Crippen molar-refractivity contribution in [2.45, 2.75) is 18.9 Å². The molecule has 0 saturated heterocycles. The summed E-state index contributed by atoms with van der Waals surface area (Å²) in [7, 11) is 1.75. The smallest absolute Gasteiger partial charge is 0.252 e. The van der Waals surface area contributed by atoms with Gasteiger partial charge in [-0.25, -0.2) is 0 Å². The predicted octanol–water partition coefficient (Wildman–Crippen LogP) is 0.960. The fraction of sp³-hybridized carbons (Fsp3) is 0.444. The second kappa shape index (κ2) is 2.66. The van der Waals surface area contributed by atoms with Crippen LogP contribution in [0, 0.1) is 0 Å². The Balaban J connectivity index is 2.21. The Hall–Kier alpha value is -1.25. The van der Waals surface area contributed by atoms with E-state index in [-0.39, 0.29) is 5.56 Å². The van der Waals surface area contributed by atoms with E-state index in [2.05, 4.69) is 5.32 Å². The zero-order chi connectivity index (χ0) is 8.55. The summed E-state index contributed by atoms with van der Waals surface area (Å²) in [5, 5.41) is 3.27. The van der Waals surface area contributed by atoms with Crippen LogP contribution in [0.25, 0.3) is 0 Å². The van der Waals surface area contributed by atoms with Gasteiger partial charge in [0.2, 0.25) is 0 Å². The Labute approximate surface area is 71.0 Å². The Bertz CT molecular complexity index is 339. The highest BCUT2D eigenvalue weighted by atomic mass is 16.1. The number of nitrogens with zero attached hydrogens (tertiary/aromatic N) is 1. The topological polar surface area (TPSA) is 34.0 Å². The molecular formula is C9H12N2O. The Kier molecular flexibility index (Phi) is 1.64. The van der Waals surface area contributed by atoms with E-state index in [0.717, 1.165) is 5.69 Å². The Morgan fingerprint density at radius 3 is 2.92 bits per heavy atom. The third-order valence-electron chi connectivity index (χ3n) is 2.05. The molecule has 3 heteroatoms. The number of hydrogen-bond donors (Lipinski definition) is 1. The molecule has 0 unspecified atom stereocenters. The van der Waals surface area contributed by atoms with Crippen LogP contribution in [0.1, 0.15) is 12.8 Å². The molecule has 1 aliphatic rings. The van der Waals surface area contributed by atoms with Crippen LogP contribution in [0.4, 0.5) is 5.69 Å². The summed E-state index contributed by atoms with van der Waals surface area (Å²) < 4.78 is 1.57. The molecule has 0 spiro atoms. The SMILES string of the molecule is Cn1ccc(NC2CC2)cc1=O. The molecule has 1 saturated carbocycles. The summed E-state index contributed by atoms with van der Waals surface area (Å²) in [5.41, 5.74) is 0.987. The molecule has 1 aromatic rings. The number of nitrogens with one attached hydrogen (secondary N) is 1. The van der Waals surface area contributed by atoms with Crippen LogP contribution in [0.15, 0.2) is 23.1 Å². The van der Waals surface area contributed by atoms with Gasteiger partial charge in [-0.2, -0.15) is 0 Å². The second-order valence-electron chi connectivity index (χ2n) is 3.28. The van der Waals surface area contributed by atoms with Crippen LogP contribution in [-0.2, 0) is 7.05 Å². The van der Waals surface area contributed by atoms with Crippen LogP contribution < -0.4 is 10.9 Å². The van der Waals surface area contributed by atoms with Gasteiger partial charge in [-0.15, -0.1) is 0 Å². The third-order valence-corrected chi connectivity index (χ3v) is 2.05. The summed E-state index contributed by atoms with van der Waals surface area (Å²) in [6.07, 6.45) is 4.25. The molecule has 0 aliphatic heterocycles. The van der Waals surface area contributed by atoms with E-state index in [9.17, 15) is 4.79 Å². The standard InChI is InChI=1S/C9H12N2O/c1-11-5-4-8(6-9(11)12)10-7-2-3-7/h4-7,10H,2-3H2,1H3. The van der Waals surface area contributed by atoms with E-state index in [1.165, 1.54) is 12.8 Å². The zero-order valence-electron chi connectivity index (χ0n) is 7.08. The first kappa shape index (κ1) is 7.40. The minimum atomic E-state index is 0.0423. The van der Waals surface area contributed by atoms with E-state index < -0.39 is 0 Å². The van der Waals surface area contributed by atoms with Crippen molar-refractivity contribution in [3.05, 3.63) is 28.7 Å². The largest absolute Gasteiger partial charge is 0.382 e. The maximum atomic E-state index is 11.2. The van der Waals surface area contributed by atoms with Gasteiger partial charge in [0.15, 0.2) is 0 Å². The van der Waals surface area contributed by atoms with Crippen molar-refractivity contribution in [1.82, 2.24) is 4.57 Å². The lowest BCUT2D eigenvalue weighted by Crippen LogP contribution is -2.15. The van der Waals surface area contributed by atoms with Crippen molar-refractivity contribution < 1.29 is 0 Å².